The number of hydrogen-bond acceptors (Lipinski definition) is 7. The third-order valence-corrected chi connectivity index (χ3v) is 5.83. The largest absolute Gasteiger partial charge is 0.497 e. The van der Waals surface area contributed by atoms with Gasteiger partial charge in [-0.15, -0.1) is 0 Å². The van der Waals surface area contributed by atoms with Gasteiger partial charge in [-0.3, -0.25) is 4.79 Å². The highest BCUT2D eigenvalue weighted by atomic mass is 16.5. The average Bonchev–Trinajstić information content (AvgIpc) is 3.39. The van der Waals surface area contributed by atoms with Gasteiger partial charge < -0.3 is 14.2 Å². The first-order chi connectivity index (χ1) is 17.1. The molecule has 2 atom stereocenters. The maximum absolute atomic E-state index is 12.5. The third-order valence-electron chi connectivity index (χ3n) is 5.83. The molecule has 0 saturated carbocycles. The molecule has 3 aromatic carbocycles. The summed E-state index contributed by atoms with van der Waals surface area (Å²) in [7, 11) is 3.24. The molecule has 0 aliphatic carbocycles. The Morgan fingerprint density at radius 3 is 2.49 bits per heavy atom. The van der Waals surface area contributed by atoms with Gasteiger partial charge in [0.25, 0.3) is 5.91 Å². The first-order valence-electron chi connectivity index (χ1n) is 11.4. The predicted octanol–water partition coefficient (Wildman–Crippen LogP) is 3.65. The number of hydrazone groups is 1. The van der Waals surface area contributed by atoms with Crippen LogP contribution >= 0.6 is 0 Å². The number of nitrogens with one attached hydrogen (secondary N) is 3. The number of benzene rings is 3. The fourth-order valence-corrected chi connectivity index (χ4v) is 3.75. The zero-order chi connectivity index (χ0) is 24.6. The zero-order valence-electron chi connectivity index (χ0n) is 20.1. The smallest absolute Gasteiger partial charge is 0.258 e. The van der Waals surface area contributed by atoms with E-state index in [-0.39, 0.29) is 11.9 Å². The van der Waals surface area contributed by atoms with E-state index >= 15 is 0 Å². The van der Waals surface area contributed by atoms with Crippen LogP contribution in [0.1, 0.15) is 34.7 Å². The highest BCUT2D eigenvalue weighted by Gasteiger charge is 2.30. The molecule has 4 rings (SSSR count). The number of nitrogens with zero attached hydrogens (tertiary/aromatic N) is 1. The van der Waals surface area contributed by atoms with Crippen molar-refractivity contribution in [2.45, 2.75) is 32.0 Å². The first-order valence-corrected chi connectivity index (χ1v) is 11.4. The van der Waals surface area contributed by atoms with Gasteiger partial charge >= 0.3 is 0 Å². The minimum absolute atomic E-state index is 0.0589. The molecule has 0 aromatic heterocycles. The van der Waals surface area contributed by atoms with E-state index in [0.717, 1.165) is 22.4 Å². The summed E-state index contributed by atoms with van der Waals surface area (Å²) in [5.41, 5.74) is 13.0. The third kappa shape index (κ3) is 6.38. The summed E-state index contributed by atoms with van der Waals surface area (Å²) >= 11 is 0. The van der Waals surface area contributed by atoms with Crippen LogP contribution in [-0.2, 0) is 11.4 Å². The molecular weight excluding hydrogens is 444 g/mol. The number of carbonyl (C=O) groups is 1. The molecule has 3 N–H and O–H groups in total. The molecule has 1 amide bonds. The van der Waals surface area contributed by atoms with Crippen molar-refractivity contribution in [3.8, 4) is 17.2 Å². The maximum Gasteiger partial charge on any atom is 0.258 e. The van der Waals surface area contributed by atoms with Gasteiger partial charge in [-0.1, -0.05) is 35.9 Å². The lowest BCUT2D eigenvalue weighted by Crippen LogP contribution is -2.41. The Bertz CT molecular complexity index is 1160. The van der Waals surface area contributed by atoms with Crippen molar-refractivity contribution >= 4 is 12.1 Å². The molecule has 1 fully saturated rings. The summed E-state index contributed by atoms with van der Waals surface area (Å²) in [5, 5.41) is 4.06. The SMILES string of the molecule is COc1ccc(/C=N/NC(=O)C2CC(c3ccc(OCc4ccc(C)cc4)c(OC)c3)NN2)cc1. The quantitative estimate of drug-likeness (QED) is 0.324. The summed E-state index contributed by atoms with van der Waals surface area (Å²) in [6, 6.07) is 21.0. The second-order valence-corrected chi connectivity index (χ2v) is 8.32. The van der Waals surface area contributed by atoms with Crippen LogP contribution in [0.4, 0.5) is 0 Å². The van der Waals surface area contributed by atoms with Crippen LogP contribution in [0.2, 0.25) is 0 Å². The van der Waals surface area contributed by atoms with E-state index in [2.05, 4.69) is 52.6 Å². The summed E-state index contributed by atoms with van der Waals surface area (Å²) < 4.78 is 16.7. The second kappa shape index (κ2) is 11.5. The molecule has 0 radical (unpaired) electrons. The molecule has 3 aromatic rings. The fourth-order valence-electron chi connectivity index (χ4n) is 3.75. The molecule has 8 nitrogen and oxygen atoms in total. The van der Waals surface area contributed by atoms with E-state index in [1.54, 1.807) is 20.4 Å². The topological polar surface area (TPSA) is 93.2 Å². The Morgan fingerprint density at radius 1 is 1.00 bits per heavy atom. The normalized spacial score (nSPS) is 17.3. The van der Waals surface area contributed by atoms with Crippen LogP contribution in [0.15, 0.2) is 71.8 Å². The Kier molecular flexibility index (Phi) is 7.97. The maximum atomic E-state index is 12.5. The molecule has 1 aliphatic heterocycles. The van der Waals surface area contributed by atoms with Crippen molar-refractivity contribution in [2.24, 2.45) is 5.10 Å². The number of methoxy groups -OCH3 is 2. The van der Waals surface area contributed by atoms with Crippen LogP contribution in [-0.4, -0.2) is 32.4 Å². The fraction of sp³-hybridized carbons (Fsp3) is 0.259. The van der Waals surface area contributed by atoms with Gasteiger partial charge in [-0.2, -0.15) is 5.10 Å². The highest BCUT2D eigenvalue weighted by Crippen LogP contribution is 2.33. The minimum atomic E-state index is -0.420. The molecule has 2 unspecified atom stereocenters. The minimum Gasteiger partial charge on any atom is -0.497 e. The van der Waals surface area contributed by atoms with E-state index in [1.165, 1.54) is 5.56 Å². The van der Waals surface area contributed by atoms with Crippen molar-refractivity contribution < 1.29 is 19.0 Å². The standard InChI is InChI=1S/C27H30N4O4/c1-18-4-6-20(7-5-18)17-35-25-13-10-21(14-26(25)34-3)23-15-24(30-29-23)27(32)31-28-16-19-8-11-22(33-2)12-9-19/h4-14,16,23-24,29-30H,15,17H2,1-3H3,(H,31,32)/b28-16+. The van der Waals surface area contributed by atoms with Crippen molar-refractivity contribution in [3.05, 3.63) is 89.0 Å². The highest BCUT2D eigenvalue weighted by molar-refractivity contribution is 5.85. The van der Waals surface area contributed by atoms with Crippen molar-refractivity contribution in [1.82, 2.24) is 16.3 Å². The van der Waals surface area contributed by atoms with Crippen molar-refractivity contribution in [2.75, 3.05) is 14.2 Å². The number of rotatable bonds is 9. The summed E-state index contributed by atoms with van der Waals surface area (Å²) in [5.74, 6) is 1.87. The van der Waals surface area contributed by atoms with Crippen LogP contribution in [0.25, 0.3) is 0 Å². The van der Waals surface area contributed by atoms with Gasteiger partial charge in [0.05, 0.1) is 20.4 Å². The Hall–Kier alpha value is -3.88. The van der Waals surface area contributed by atoms with Gasteiger partial charge in [0, 0.05) is 6.04 Å². The van der Waals surface area contributed by atoms with Gasteiger partial charge in [-0.05, 0) is 66.4 Å². The number of hydrogen-bond donors (Lipinski definition) is 3. The van der Waals surface area contributed by atoms with Crippen LogP contribution < -0.4 is 30.5 Å². The van der Waals surface area contributed by atoms with Crippen LogP contribution in [0, 0.1) is 6.92 Å². The number of ether oxygens (including phenoxy) is 3. The van der Waals surface area contributed by atoms with E-state index in [1.807, 2.05) is 42.5 Å². The van der Waals surface area contributed by atoms with E-state index in [0.29, 0.717) is 24.5 Å². The molecule has 8 heteroatoms. The van der Waals surface area contributed by atoms with E-state index in [4.69, 9.17) is 14.2 Å². The molecule has 0 spiro atoms. The van der Waals surface area contributed by atoms with Gasteiger partial charge in [0.2, 0.25) is 0 Å². The van der Waals surface area contributed by atoms with Gasteiger partial charge in [0.1, 0.15) is 18.4 Å². The monoisotopic (exact) mass is 474 g/mol. The Labute approximate surface area is 205 Å². The van der Waals surface area contributed by atoms with E-state index in [9.17, 15) is 4.79 Å². The summed E-state index contributed by atoms with van der Waals surface area (Å²) in [4.78, 5) is 12.5. The molecule has 1 aliphatic rings. The lowest BCUT2D eigenvalue weighted by molar-refractivity contribution is -0.122. The number of carbonyl (C=O) groups excluding carboxylic acids is 1. The lowest BCUT2D eigenvalue weighted by atomic mass is 10.0. The van der Waals surface area contributed by atoms with Gasteiger partial charge in [-0.25, -0.2) is 16.3 Å². The number of hydrazine groups is 1. The molecule has 1 heterocycles. The Balaban J connectivity index is 1.31. The molecular formula is C27H30N4O4. The lowest BCUT2D eigenvalue weighted by Gasteiger charge is -2.15. The van der Waals surface area contributed by atoms with Gasteiger partial charge in [0.15, 0.2) is 11.5 Å². The van der Waals surface area contributed by atoms with Crippen molar-refractivity contribution in [1.29, 1.82) is 0 Å². The van der Waals surface area contributed by atoms with E-state index < -0.39 is 6.04 Å². The van der Waals surface area contributed by atoms with Crippen molar-refractivity contribution in [3.63, 3.8) is 0 Å². The number of amides is 1. The zero-order valence-corrected chi connectivity index (χ0v) is 20.1. The molecule has 182 valence electrons. The molecule has 0 bridgehead atoms. The summed E-state index contributed by atoms with van der Waals surface area (Å²) in [6.07, 6.45) is 2.16. The average molecular weight is 475 g/mol. The first kappa shape index (κ1) is 24.3. The predicted molar refractivity (Wildman–Crippen MR) is 135 cm³/mol. The summed E-state index contributed by atoms with van der Waals surface area (Å²) in [6.45, 7) is 2.51. The second-order valence-electron chi connectivity index (χ2n) is 8.32. The number of aryl methyl sites for hydroxylation is 1. The van der Waals surface area contributed by atoms with Crippen LogP contribution in [0.5, 0.6) is 17.2 Å². The molecule has 35 heavy (non-hydrogen) atoms. The Morgan fingerprint density at radius 2 is 1.77 bits per heavy atom. The van der Waals surface area contributed by atoms with Crippen LogP contribution in [0.3, 0.4) is 0 Å². The molecule has 1 saturated heterocycles.